The fourth-order valence-electron chi connectivity index (χ4n) is 2.12. The summed E-state index contributed by atoms with van der Waals surface area (Å²) in [6.45, 7) is 3.81. The van der Waals surface area contributed by atoms with Crippen LogP contribution in [0.5, 0.6) is 11.6 Å². The molecule has 2 aromatic rings. The Morgan fingerprint density at radius 3 is 2.71 bits per heavy atom. The number of rotatable bonds is 4. The number of hydrogen-bond acceptors (Lipinski definition) is 5. The zero-order valence-corrected chi connectivity index (χ0v) is 13.5. The number of halogens is 1. The van der Waals surface area contributed by atoms with Crippen LogP contribution in [-0.2, 0) is 13.6 Å². The van der Waals surface area contributed by atoms with E-state index in [1.54, 1.807) is 20.0 Å². The number of nitrogens with two attached hydrogens (primary N) is 1. The lowest BCUT2D eigenvalue weighted by atomic mass is 10.2. The fraction of sp³-hybridized carbons (Fsp3) is 0.308. The molecule has 0 unspecified atom stereocenters. The van der Waals surface area contributed by atoms with Crippen LogP contribution >= 0.6 is 15.9 Å². The quantitative estimate of drug-likeness (QED) is 0.672. The van der Waals surface area contributed by atoms with Crippen LogP contribution in [-0.4, -0.2) is 14.7 Å². The number of nitro benzene ring substituents is 1. The Hall–Kier alpha value is -1.93. The first-order valence-electron chi connectivity index (χ1n) is 6.20. The van der Waals surface area contributed by atoms with Crippen LogP contribution < -0.4 is 10.5 Å². The van der Waals surface area contributed by atoms with Gasteiger partial charge in [-0.05, 0) is 19.9 Å². The molecular formula is C13H15BrN4O3. The van der Waals surface area contributed by atoms with Gasteiger partial charge in [0, 0.05) is 29.7 Å². The maximum atomic E-state index is 11.2. The average Bonchev–Trinajstić information content (AvgIpc) is 2.66. The third-order valence-corrected chi connectivity index (χ3v) is 3.57. The predicted octanol–water partition coefficient (Wildman–Crippen LogP) is 2.96. The van der Waals surface area contributed by atoms with Gasteiger partial charge in [-0.2, -0.15) is 5.10 Å². The lowest BCUT2D eigenvalue weighted by Gasteiger charge is -2.11. The van der Waals surface area contributed by atoms with E-state index in [4.69, 9.17) is 10.5 Å². The molecular weight excluding hydrogens is 340 g/mol. The number of nitro groups is 1. The van der Waals surface area contributed by atoms with E-state index in [-0.39, 0.29) is 18.0 Å². The second-order valence-corrected chi connectivity index (χ2v) is 5.54. The van der Waals surface area contributed by atoms with Crippen molar-refractivity contribution in [2.24, 2.45) is 12.8 Å². The van der Waals surface area contributed by atoms with Crippen molar-refractivity contribution in [2.75, 3.05) is 0 Å². The number of benzene rings is 1. The summed E-state index contributed by atoms with van der Waals surface area (Å²) in [6.07, 6.45) is 0. The molecule has 112 valence electrons. The Labute approximate surface area is 130 Å². The molecule has 2 rings (SSSR count). The van der Waals surface area contributed by atoms with Gasteiger partial charge in [-0.3, -0.25) is 10.1 Å². The zero-order valence-electron chi connectivity index (χ0n) is 11.9. The summed E-state index contributed by atoms with van der Waals surface area (Å²) in [5.74, 6) is 0.615. The number of aryl methyl sites for hydroxylation is 3. The van der Waals surface area contributed by atoms with Crippen molar-refractivity contribution in [1.82, 2.24) is 9.78 Å². The van der Waals surface area contributed by atoms with E-state index in [0.29, 0.717) is 15.9 Å². The molecule has 0 atom stereocenters. The van der Waals surface area contributed by atoms with Gasteiger partial charge in [0.15, 0.2) is 0 Å². The smallest absolute Gasteiger partial charge is 0.313 e. The van der Waals surface area contributed by atoms with Crippen molar-refractivity contribution in [3.8, 4) is 11.6 Å². The fourth-order valence-corrected chi connectivity index (χ4v) is 2.68. The minimum absolute atomic E-state index is 0.108. The Balaban J connectivity index is 2.57. The standard InChI is InChI=1S/C13H15BrN4O3/c1-7-4-9(14)5-11(18(19)20)12(7)21-13-10(6-15)8(2)16-17(13)3/h4-5H,6,15H2,1-3H3. The van der Waals surface area contributed by atoms with Crippen molar-refractivity contribution in [3.05, 3.63) is 43.5 Å². The number of hydrogen-bond donors (Lipinski definition) is 1. The van der Waals surface area contributed by atoms with Gasteiger partial charge in [0.2, 0.25) is 11.6 Å². The molecule has 0 fully saturated rings. The summed E-state index contributed by atoms with van der Waals surface area (Å²) in [6, 6.07) is 3.17. The Bertz CT molecular complexity index is 712. The van der Waals surface area contributed by atoms with Gasteiger partial charge in [0.1, 0.15) is 0 Å². The summed E-state index contributed by atoms with van der Waals surface area (Å²) in [4.78, 5) is 10.7. The second kappa shape index (κ2) is 5.82. The molecule has 7 nitrogen and oxygen atoms in total. The molecule has 0 aliphatic carbocycles. The average molecular weight is 355 g/mol. The van der Waals surface area contributed by atoms with Crippen LogP contribution in [0.25, 0.3) is 0 Å². The molecule has 1 aromatic heterocycles. The SMILES string of the molecule is Cc1cc(Br)cc([N+](=O)[O-])c1Oc1c(CN)c(C)nn1C. The van der Waals surface area contributed by atoms with E-state index in [9.17, 15) is 10.1 Å². The first-order chi connectivity index (χ1) is 9.85. The Morgan fingerprint density at radius 1 is 1.48 bits per heavy atom. The first-order valence-corrected chi connectivity index (χ1v) is 6.99. The van der Waals surface area contributed by atoms with E-state index >= 15 is 0 Å². The van der Waals surface area contributed by atoms with Crippen LogP contribution in [0.1, 0.15) is 16.8 Å². The number of nitrogens with zero attached hydrogens (tertiary/aromatic N) is 3. The highest BCUT2D eigenvalue weighted by Gasteiger charge is 2.23. The molecule has 0 saturated heterocycles. The minimum atomic E-state index is -0.474. The Kier molecular flexibility index (Phi) is 4.29. The molecule has 8 heteroatoms. The molecule has 0 radical (unpaired) electrons. The first kappa shape index (κ1) is 15.5. The summed E-state index contributed by atoms with van der Waals surface area (Å²) in [5, 5.41) is 15.5. The van der Waals surface area contributed by atoms with Crippen LogP contribution in [0, 0.1) is 24.0 Å². The third kappa shape index (κ3) is 2.91. The van der Waals surface area contributed by atoms with Gasteiger partial charge >= 0.3 is 5.69 Å². The maximum Gasteiger partial charge on any atom is 0.313 e. The van der Waals surface area contributed by atoms with Gasteiger partial charge in [0.05, 0.1) is 16.2 Å². The van der Waals surface area contributed by atoms with E-state index in [2.05, 4.69) is 21.0 Å². The summed E-state index contributed by atoms with van der Waals surface area (Å²) in [7, 11) is 1.71. The maximum absolute atomic E-state index is 11.2. The molecule has 0 amide bonds. The van der Waals surface area contributed by atoms with Crippen molar-refractivity contribution in [1.29, 1.82) is 0 Å². The van der Waals surface area contributed by atoms with Crippen molar-refractivity contribution >= 4 is 21.6 Å². The molecule has 0 spiro atoms. The predicted molar refractivity (Wildman–Crippen MR) is 81.4 cm³/mol. The molecule has 0 bridgehead atoms. The topological polar surface area (TPSA) is 96.2 Å². The van der Waals surface area contributed by atoms with Gasteiger partial charge < -0.3 is 10.5 Å². The van der Waals surface area contributed by atoms with Crippen molar-refractivity contribution in [2.45, 2.75) is 20.4 Å². The lowest BCUT2D eigenvalue weighted by Crippen LogP contribution is -2.03. The highest BCUT2D eigenvalue weighted by molar-refractivity contribution is 9.10. The number of aromatic nitrogens is 2. The molecule has 0 saturated carbocycles. The van der Waals surface area contributed by atoms with Crippen LogP contribution in [0.3, 0.4) is 0 Å². The van der Waals surface area contributed by atoms with Crippen molar-refractivity contribution < 1.29 is 9.66 Å². The van der Waals surface area contributed by atoms with Gasteiger partial charge in [-0.15, -0.1) is 0 Å². The largest absolute Gasteiger partial charge is 0.431 e. The van der Waals surface area contributed by atoms with E-state index in [1.165, 1.54) is 10.7 Å². The Morgan fingerprint density at radius 2 is 2.14 bits per heavy atom. The van der Waals surface area contributed by atoms with E-state index in [0.717, 1.165) is 11.3 Å². The summed E-state index contributed by atoms with van der Waals surface area (Å²) >= 11 is 3.25. The normalized spacial score (nSPS) is 10.7. The molecule has 1 heterocycles. The molecule has 21 heavy (non-hydrogen) atoms. The van der Waals surface area contributed by atoms with E-state index in [1.807, 2.05) is 6.92 Å². The van der Waals surface area contributed by atoms with Gasteiger partial charge in [-0.1, -0.05) is 15.9 Å². The minimum Gasteiger partial charge on any atom is -0.431 e. The van der Waals surface area contributed by atoms with Crippen LogP contribution in [0.2, 0.25) is 0 Å². The van der Waals surface area contributed by atoms with Gasteiger partial charge in [0.25, 0.3) is 0 Å². The lowest BCUT2D eigenvalue weighted by molar-refractivity contribution is -0.385. The van der Waals surface area contributed by atoms with Crippen molar-refractivity contribution in [3.63, 3.8) is 0 Å². The highest BCUT2D eigenvalue weighted by atomic mass is 79.9. The molecule has 2 N–H and O–H groups in total. The monoisotopic (exact) mass is 354 g/mol. The van der Waals surface area contributed by atoms with Crippen LogP contribution in [0.4, 0.5) is 5.69 Å². The summed E-state index contributed by atoms with van der Waals surface area (Å²) in [5.41, 5.74) is 7.72. The van der Waals surface area contributed by atoms with E-state index < -0.39 is 4.92 Å². The van der Waals surface area contributed by atoms with Crippen LogP contribution in [0.15, 0.2) is 16.6 Å². The molecule has 1 aromatic carbocycles. The zero-order chi connectivity index (χ0) is 15.7. The molecule has 0 aliphatic heterocycles. The third-order valence-electron chi connectivity index (χ3n) is 3.11. The molecule has 0 aliphatic rings. The second-order valence-electron chi connectivity index (χ2n) is 4.63. The highest BCUT2D eigenvalue weighted by Crippen LogP contribution is 2.38. The summed E-state index contributed by atoms with van der Waals surface area (Å²) < 4.78 is 7.94. The van der Waals surface area contributed by atoms with Gasteiger partial charge in [-0.25, -0.2) is 4.68 Å². The number of ether oxygens (including phenoxy) is 1.